The summed E-state index contributed by atoms with van der Waals surface area (Å²) in [4.78, 5) is 22.1. The number of esters is 1. The molecule has 0 rings (SSSR count). The van der Waals surface area contributed by atoms with Crippen molar-refractivity contribution in [2.75, 3.05) is 6.61 Å². The molecule has 0 amide bonds. The Morgan fingerprint density at radius 3 is 2.59 bits per heavy atom. The molecule has 0 N–H and O–H groups in total. The Hall–Kier alpha value is -1.64. The molecule has 0 radical (unpaired) electrons. The lowest BCUT2D eigenvalue weighted by atomic mass is 10.0. The molecule has 0 bridgehead atoms. The van der Waals surface area contributed by atoms with Gasteiger partial charge in [0.25, 0.3) is 0 Å². The van der Waals surface area contributed by atoms with E-state index in [2.05, 4.69) is 13.2 Å². The van der Waals surface area contributed by atoms with Crippen molar-refractivity contribution in [2.24, 2.45) is 5.92 Å². The number of hydrogen-bond donors (Lipinski definition) is 0. The Morgan fingerprint density at radius 1 is 1.41 bits per heavy atom. The second kappa shape index (κ2) is 9.58. The van der Waals surface area contributed by atoms with Crippen LogP contribution in [0.4, 0.5) is 0 Å². The van der Waals surface area contributed by atoms with Gasteiger partial charge in [-0.2, -0.15) is 0 Å². The van der Waals surface area contributed by atoms with Crippen LogP contribution in [0.1, 0.15) is 26.2 Å². The Balaban J connectivity index is 4.08. The van der Waals surface area contributed by atoms with E-state index in [1.165, 1.54) is 0 Å². The first-order valence-corrected chi connectivity index (χ1v) is 5.72. The topological polar surface area (TPSA) is 43.4 Å². The summed E-state index contributed by atoms with van der Waals surface area (Å²) >= 11 is 0. The van der Waals surface area contributed by atoms with Gasteiger partial charge in [-0.3, -0.25) is 4.79 Å². The zero-order valence-corrected chi connectivity index (χ0v) is 10.4. The quantitative estimate of drug-likeness (QED) is 0.351. The molecule has 0 aromatic rings. The number of rotatable bonds is 9. The van der Waals surface area contributed by atoms with Gasteiger partial charge in [-0.15, -0.1) is 0 Å². The molecule has 0 aliphatic rings. The van der Waals surface area contributed by atoms with Gasteiger partial charge >= 0.3 is 5.97 Å². The van der Waals surface area contributed by atoms with Crippen molar-refractivity contribution in [3.8, 4) is 0 Å². The molecular formula is C14H20O3. The highest BCUT2D eigenvalue weighted by Crippen LogP contribution is 2.09. The molecule has 1 atom stereocenters. The number of carbonyl (C=O) groups is 2. The van der Waals surface area contributed by atoms with Crippen LogP contribution >= 0.6 is 0 Å². The van der Waals surface area contributed by atoms with Gasteiger partial charge in [0.1, 0.15) is 12.9 Å². The molecule has 94 valence electrons. The molecule has 0 heterocycles. The summed E-state index contributed by atoms with van der Waals surface area (Å²) in [5.41, 5.74) is 0.784. The van der Waals surface area contributed by atoms with Gasteiger partial charge in [-0.1, -0.05) is 44.7 Å². The van der Waals surface area contributed by atoms with Crippen molar-refractivity contribution in [3.63, 3.8) is 0 Å². The van der Waals surface area contributed by atoms with E-state index in [1.54, 1.807) is 18.2 Å². The standard InChI is InChI=1S/C14H20O3/c1-4-7-12(6-3)11-17-14(16)9-13(10-15)8-5-2/h4,6-7,10,13H,1,3,5,8-9,11H2,2H3/b12-7+. The van der Waals surface area contributed by atoms with Crippen LogP contribution in [0.2, 0.25) is 0 Å². The summed E-state index contributed by atoms with van der Waals surface area (Å²) in [7, 11) is 0. The minimum atomic E-state index is -0.354. The van der Waals surface area contributed by atoms with Crippen LogP contribution in [0.3, 0.4) is 0 Å². The second-order valence-electron chi connectivity index (χ2n) is 3.73. The Morgan fingerprint density at radius 2 is 2.12 bits per heavy atom. The van der Waals surface area contributed by atoms with Crippen molar-refractivity contribution in [1.82, 2.24) is 0 Å². The van der Waals surface area contributed by atoms with Crippen molar-refractivity contribution in [3.05, 3.63) is 37.0 Å². The highest BCUT2D eigenvalue weighted by atomic mass is 16.5. The molecule has 0 aliphatic carbocycles. The van der Waals surface area contributed by atoms with Gasteiger partial charge in [-0.25, -0.2) is 0 Å². The minimum absolute atomic E-state index is 0.149. The van der Waals surface area contributed by atoms with E-state index in [-0.39, 0.29) is 24.9 Å². The SMILES string of the molecule is C=C/C=C(\C=C)COC(=O)CC(C=O)CCC. The molecule has 3 heteroatoms. The van der Waals surface area contributed by atoms with Crippen molar-refractivity contribution in [2.45, 2.75) is 26.2 Å². The zero-order valence-electron chi connectivity index (χ0n) is 10.4. The van der Waals surface area contributed by atoms with Crippen LogP contribution in [0, 0.1) is 5.92 Å². The largest absolute Gasteiger partial charge is 0.461 e. The molecule has 0 spiro atoms. The van der Waals surface area contributed by atoms with Crippen LogP contribution in [0.25, 0.3) is 0 Å². The van der Waals surface area contributed by atoms with E-state index in [9.17, 15) is 9.59 Å². The van der Waals surface area contributed by atoms with Gasteiger partial charge < -0.3 is 9.53 Å². The third kappa shape index (κ3) is 7.28. The number of carbonyl (C=O) groups excluding carboxylic acids is 2. The van der Waals surface area contributed by atoms with E-state index in [4.69, 9.17) is 4.74 Å². The first kappa shape index (κ1) is 15.4. The highest BCUT2D eigenvalue weighted by molar-refractivity contribution is 5.73. The number of hydrogen-bond acceptors (Lipinski definition) is 3. The molecule has 1 unspecified atom stereocenters. The summed E-state index contributed by atoms with van der Waals surface area (Å²) in [6.45, 7) is 9.30. The Kier molecular flexibility index (Phi) is 8.65. The van der Waals surface area contributed by atoms with E-state index in [0.717, 1.165) is 24.7 Å². The van der Waals surface area contributed by atoms with E-state index in [1.807, 2.05) is 6.92 Å². The van der Waals surface area contributed by atoms with Crippen molar-refractivity contribution in [1.29, 1.82) is 0 Å². The zero-order chi connectivity index (χ0) is 13.1. The number of aldehydes is 1. The average molecular weight is 236 g/mol. The third-order valence-corrected chi connectivity index (χ3v) is 2.27. The predicted molar refractivity (Wildman–Crippen MR) is 68.5 cm³/mol. The lowest BCUT2D eigenvalue weighted by Gasteiger charge is -2.09. The van der Waals surface area contributed by atoms with E-state index >= 15 is 0 Å². The first-order valence-electron chi connectivity index (χ1n) is 5.72. The molecule has 3 nitrogen and oxygen atoms in total. The summed E-state index contributed by atoms with van der Waals surface area (Å²) in [6, 6.07) is 0. The summed E-state index contributed by atoms with van der Waals surface area (Å²) in [5.74, 6) is -0.588. The molecule has 0 aromatic heterocycles. The molecule has 0 fully saturated rings. The second-order valence-corrected chi connectivity index (χ2v) is 3.73. The summed E-state index contributed by atoms with van der Waals surface area (Å²) in [5, 5.41) is 0. The molecule has 0 aromatic carbocycles. The maximum absolute atomic E-state index is 11.4. The first-order chi connectivity index (χ1) is 8.17. The monoisotopic (exact) mass is 236 g/mol. The Labute approximate surface area is 103 Å². The fraction of sp³-hybridized carbons (Fsp3) is 0.429. The van der Waals surface area contributed by atoms with Crippen molar-refractivity contribution < 1.29 is 14.3 Å². The van der Waals surface area contributed by atoms with Crippen LogP contribution in [0.5, 0.6) is 0 Å². The predicted octanol–water partition coefficient (Wildman–Crippen LogP) is 2.83. The molecule has 0 aliphatic heterocycles. The Bertz CT molecular complexity index is 303. The van der Waals surface area contributed by atoms with Gasteiger partial charge in [-0.05, 0) is 12.0 Å². The summed E-state index contributed by atoms with van der Waals surface area (Å²) < 4.78 is 5.04. The fourth-order valence-electron chi connectivity index (χ4n) is 1.35. The van der Waals surface area contributed by atoms with E-state index in [0.29, 0.717) is 0 Å². The fourth-order valence-corrected chi connectivity index (χ4v) is 1.35. The van der Waals surface area contributed by atoms with Gasteiger partial charge in [0, 0.05) is 5.92 Å². The van der Waals surface area contributed by atoms with Crippen LogP contribution in [-0.2, 0) is 14.3 Å². The number of ether oxygens (including phenoxy) is 1. The highest BCUT2D eigenvalue weighted by Gasteiger charge is 2.13. The van der Waals surface area contributed by atoms with Gasteiger partial charge in [0.15, 0.2) is 0 Å². The number of allylic oxidation sites excluding steroid dienone is 2. The lowest BCUT2D eigenvalue weighted by molar-refractivity contribution is -0.144. The summed E-state index contributed by atoms with van der Waals surface area (Å²) in [6.07, 6.45) is 7.51. The smallest absolute Gasteiger partial charge is 0.306 e. The van der Waals surface area contributed by atoms with Crippen LogP contribution in [-0.4, -0.2) is 18.9 Å². The minimum Gasteiger partial charge on any atom is -0.461 e. The lowest BCUT2D eigenvalue weighted by Crippen LogP contribution is -2.13. The average Bonchev–Trinajstić information content (AvgIpc) is 2.33. The van der Waals surface area contributed by atoms with Gasteiger partial charge in [0.05, 0.1) is 6.42 Å². The third-order valence-electron chi connectivity index (χ3n) is 2.27. The molecule has 0 saturated carbocycles. The molecular weight excluding hydrogens is 216 g/mol. The van der Waals surface area contributed by atoms with Crippen LogP contribution < -0.4 is 0 Å². The maximum atomic E-state index is 11.4. The maximum Gasteiger partial charge on any atom is 0.306 e. The van der Waals surface area contributed by atoms with Crippen LogP contribution in [0.15, 0.2) is 37.0 Å². The normalized spacial score (nSPS) is 12.6. The van der Waals surface area contributed by atoms with E-state index < -0.39 is 0 Å². The molecule has 17 heavy (non-hydrogen) atoms. The van der Waals surface area contributed by atoms with Crippen molar-refractivity contribution >= 4 is 12.3 Å². The molecule has 0 saturated heterocycles. The van der Waals surface area contributed by atoms with Gasteiger partial charge in [0.2, 0.25) is 0 Å².